The van der Waals surface area contributed by atoms with E-state index in [1.165, 1.54) is 6.42 Å². The zero-order valence-electron chi connectivity index (χ0n) is 8.50. The van der Waals surface area contributed by atoms with E-state index in [0.29, 0.717) is 6.42 Å². The first-order chi connectivity index (χ1) is 6.84. The minimum absolute atomic E-state index is 0.0687. The molecule has 0 aromatic rings. The molecule has 0 aromatic heterocycles. The minimum atomic E-state index is -0.0687. The van der Waals surface area contributed by atoms with Crippen LogP contribution in [0.25, 0.3) is 0 Å². The van der Waals surface area contributed by atoms with Gasteiger partial charge in [-0.25, -0.2) is 0 Å². The van der Waals surface area contributed by atoms with Gasteiger partial charge >= 0.3 is 5.97 Å². The van der Waals surface area contributed by atoms with Crippen molar-refractivity contribution in [2.45, 2.75) is 25.7 Å². The monoisotopic (exact) mass is 198 g/mol. The van der Waals surface area contributed by atoms with Crippen molar-refractivity contribution in [1.82, 2.24) is 10.4 Å². The van der Waals surface area contributed by atoms with Gasteiger partial charge in [0.05, 0.1) is 0 Å². The highest BCUT2D eigenvalue weighted by atomic mass is 16.7. The molecule has 1 N–H and O–H groups in total. The van der Waals surface area contributed by atoms with Crippen LogP contribution in [0.5, 0.6) is 0 Å². The van der Waals surface area contributed by atoms with E-state index in [9.17, 15) is 4.79 Å². The molecule has 4 heteroatoms. The Labute approximate surface area is 84.6 Å². The third-order valence-corrected chi connectivity index (χ3v) is 2.97. The zero-order valence-corrected chi connectivity index (χ0v) is 8.50. The molecule has 2 fully saturated rings. The first-order valence-corrected chi connectivity index (χ1v) is 5.51. The molecule has 0 saturated carbocycles. The lowest BCUT2D eigenvalue weighted by Crippen LogP contribution is -2.34. The van der Waals surface area contributed by atoms with Crippen LogP contribution in [-0.4, -0.2) is 37.2 Å². The normalized spacial score (nSPS) is 29.1. The molecule has 0 aliphatic carbocycles. The SMILES string of the molecule is O=C1CCCN(CCC2CCNC2)O1. The first-order valence-electron chi connectivity index (χ1n) is 5.51. The van der Waals surface area contributed by atoms with Crippen molar-refractivity contribution in [2.24, 2.45) is 5.92 Å². The fraction of sp³-hybridized carbons (Fsp3) is 0.900. The quantitative estimate of drug-likeness (QED) is 0.718. The molecule has 0 bridgehead atoms. The minimum Gasteiger partial charge on any atom is -0.368 e. The van der Waals surface area contributed by atoms with Gasteiger partial charge in [-0.15, -0.1) is 5.06 Å². The van der Waals surface area contributed by atoms with Gasteiger partial charge in [0, 0.05) is 19.5 Å². The first kappa shape index (κ1) is 9.93. The van der Waals surface area contributed by atoms with Crippen molar-refractivity contribution < 1.29 is 9.63 Å². The van der Waals surface area contributed by atoms with Crippen molar-refractivity contribution in [3.05, 3.63) is 0 Å². The lowest BCUT2D eigenvalue weighted by molar-refractivity contribution is -0.201. The maximum Gasteiger partial charge on any atom is 0.325 e. The number of hydrogen-bond acceptors (Lipinski definition) is 4. The predicted octanol–water partition coefficient (Wildman–Crippen LogP) is 0.540. The van der Waals surface area contributed by atoms with Crippen LogP contribution in [0.2, 0.25) is 0 Å². The van der Waals surface area contributed by atoms with Gasteiger partial charge in [-0.05, 0) is 38.3 Å². The van der Waals surface area contributed by atoms with Crippen molar-refractivity contribution in [2.75, 3.05) is 26.2 Å². The van der Waals surface area contributed by atoms with Gasteiger partial charge in [-0.2, -0.15) is 0 Å². The Morgan fingerprint density at radius 1 is 1.57 bits per heavy atom. The number of hydrogen-bond donors (Lipinski definition) is 1. The second-order valence-electron chi connectivity index (χ2n) is 4.14. The van der Waals surface area contributed by atoms with E-state index in [0.717, 1.165) is 44.9 Å². The summed E-state index contributed by atoms with van der Waals surface area (Å²) < 4.78 is 0. The molecule has 0 amide bonds. The summed E-state index contributed by atoms with van der Waals surface area (Å²) in [6.45, 7) is 4.08. The van der Waals surface area contributed by atoms with Gasteiger partial charge in [-0.3, -0.25) is 4.79 Å². The third-order valence-electron chi connectivity index (χ3n) is 2.97. The molecular formula is C10H18N2O2. The molecule has 1 unspecified atom stereocenters. The van der Waals surface area contributed by atoms with Crippen LogP contribution >= 0.6 is 0 Å². The Morgan fingerprint density at radius 3 is 3.21 bits per heavy atom. The molecule has 0 spiro atoms. The smallest absolute Gasteiger partial charge is 0.325 e. The van der Waals surface area contributed by atoms with E-state index < -0.39 is 0 Å². The summed E-state index contributed by atoms with van der Waals surface area (Å²) in [5, 5.41) is 5.17. The molecule has 14 heavy (non-hydrogen) atoms. The Bertz CT molecular complexity index is 202. The Balaban J connectivity index is 1.66. The second-order valence-corrected chi connectivity index (χ2v) is 4.14. The van der Waals surface area contributed by atoms with Crippen LogP contribution in [0.4, 0.5) is 0 Å². The zero-order chi connectivity index (χ0) is 9.80. The molecule has 2 heterocycles. The van der Waals surface area contributed by atoms with Crippen LogP contribution in [0.1, 0.15) is 25.7 Å². The van der Waals surface area contributed by atoms with Crippen molar-refractivity contribution >= 4 is 5.97 Å². The highest BCUT2D eigenvalue weighted by Crippen LogP contribution is 2.15. The lowest BCUT2D eigenvalue weighted by atomic mass is 10.1. The molecule has 2 saturated heterocycles. The fourth-order valence-electron chi connectivity index (χ4n) is 2.08. The lowest BCUT2D eigenvalue weighted by Gasteiger charge is -2.25. The number of nitrogens with zero attached hydrogens (tertiary/aromatic N) is 1. The topological polar surface area (TPSA) is 41.6 Å². The van der Waals surface area contributed by atoms with E-state index in [4.69, 9.17) is 4.84 Å². The third kappa shape index (κ3) is 2.69. The molecule has 2 rings (SSSR count). The van der Waals surface area contributed by atoms with Gasteiger partial charge in [0.25, 0.3) is 0 Å². The van der Waals surface area contributed by atoms with Gasteiger partial charge < -0.3 is 10.2 Å². The molecule has 2 aliphatic heterocycles. The Kier molecular flexibility index (Phi) is 3.37. The van der Waals surface area contributed by atoms with E-state index in [-0.39, 0.29) is 5.97 Å². The largest absolute Gasteiger partial charge is 0.368 e. The van der Waals surface area contributed by atoms with Crippen molar-refractivity contribution in [3.8, 4) is 0 Å². The molecule has 0 radical (unpaired) electrons. The standard InChI is InChI=1S/C10H18N2O2/c13-10-2-1-6-12(14-10)7-4-9-3-5-11-8-9/h9,11H,1-8H2. The molecular weight excluding hydrogens is 180 g/mol. The molecule has 1 atom stereocenters. The molecule has 0 aromatic carbocycles. The summed E-state index contributed by atoms with van der Waals surface area (Å²) in [5.41, 5.74) is 0. The van der Waals surface area contributed by atoms with Gasteiger partial charge in [0.1, 0.15) is 0 Å². The van der Waals surface area contributed by atoms with Crippen LogP contribution < -0.4 is 5.32 Å². The fourth-order valence-corrected chi connectivity index (χ4v) is 2.08. The maximum atomic E-state index is 11.0. The van der Waals surface area contributed by atoms with Crippen LogP contribution in [0, 0.1) is 5.92 Å². The number of nitrogens with one attached hydrogen (secondary N) is 1. The van der Waals surface area contributed by atoms with Crippen LogP contribution in [-0.2, 0) is 9.63 Å². The van der Waals surface area contributed by atoms with Gasteiger partial charge in [0.15, 0.2) is 0 Å². The predicted molar refractivity (Wildman–Crippen MR) is 52.5 cm³/mol. The van der Waals surface area contributed by atoms with Gasteiger partial charge in [0.2, 0.25) is 0 Å². The summed E-state index contributed by atoms with van der Waals surface area (Å²) in [4.78, 5) is 16.1. The van der Waals surface area contributed by atoms with Crippen molar-refractivity contribution in [3.63, 3.8) is 0 Å². The summed E-state index contributed by atoms with van der Waals surface area (Å²) in [6, 6.07) is 0. The average Bonchev–Trinajstić information content (AvgIpc) is 2.67. The van der Waals surface area contributed by atoms with E-state index in [2.05, 4.69) is 5.32 Å². The molecule has 2 aliphatic rings. The van der Waals surface area contributed by atoms with Crippen LogP contribution in [0.3, 0.4) is 0 Å². The summed E-state index contributed by atoms with van der Waals surface area (Å²) >= 11 is 0. The highest BCUT2D eigenvalue weighted by Gasteiger charge is 2.20. The molecule has 80 valence electrons. The number of carbonyl (C=O) groups is 1. The average molecular weight is 198 g/mol. The second kappa shape index (κ2) is 4.75. The molecule has 4 nitrogen and oxygen atoms in total. The Morgan fingerprint density at radius 2 is 2.50 bits per heavy atom. The summed E-state index contributed by atoms with van der Waals surface area (Å²) in [5.74, 6) is 0.705. The Hall–Kier alpha value is -0.610. The number of hydroxylamine groups is 2. The van der Waals surface area contributed by atoms with E-state index in [1.807, 2.05) is 5.06 Å². The maximum absolute atomic E-state index is 11.0. The highest BCUT2D eigenvalue weighted by molar-refractivity contribution is 5.69. The van der Waals surface area contributed by atoms with Crippen LogP contribution in [0.15, 0.2) is 0 Å². The number of rotatable bonds is 3. The van der Waals surface area contributed by atoms with Crippen molar-refractivity contribution in [1.29, 1.82) is 0 Å². The van der Waals surface area contributed by atoms with E-state index >= 15 is 0 Å². The number of carbonyl (C=O) groups excluding carboxylic acids is 1. The van der Waals surface area contributed by atoms with E-state index in [1.54, 1.807) is 0 Å². The van der Waals surface area contributed by atoms with Gasteiger partial charge in [-0.1, -0.05) is 0 Å². The summed E-state index contributed by atoms with van der Waals surface area (Å²) in [6.07, 6.45) is 3.94. The summed E-state index contributed by atoms with van der Waals surface area (Å²) in [7, 11) is 0.